The molecule has 0 aliphatic carbocycles. The van der Waals surface area contributed by atoms with E-state index < -0.39 is 0 Å². The first-order chi connectivity index (χ1) is 5.45. The lowest BCUT2D eigenvalue weighted by Crippen LogP contribution is -2.14. The summed E-state index contributed by atoms with van der Waals surface area (Å²) in [4.78, 5) is 0. The maximum atomic E-state index is 5.41. The Labute approximate surface area is 78.2 Å². The first-order valence-corrected chi connectivity index (χ1v) is 4.20. The summed E-state index contributed by atoms with van der Waals surface area (Å²) in [7, 11) is 0. The molecule has 0 aromatic rings. The Morgan fingerprint density at radius 3 is 1.83 bits per heavy atom. The van der Waals surface area contributed by atoms with Gasteiger partial charge in [-0.25, -0.2) is 0 Å². The van der Waals surface area contributed by atoms with Crippen LogP contribution in [0.25, 0.3) is 0 Å². The summed E-state index contributed by atoms with van der Waals surface area (Å²) in [6.07, 6.45) is 1.92. The summed E-state index contributed by atoms with van der Waals surface area (Å²) < 4.78 is 0. The second-order valence-electron chi connectivity index (χ2n) is 3.13. The molecule has 0 spiro atoms. The van der Waals surface area contributed by atoms with Crippen LogP contribution in [0.4, 0.5) is 0 Å². The van der Waals surface area contributed by atoms with E-state index in [9.17, 15) is 0 Å². The molecule has 0 rings (SSSR count). The minimum atomic E-state index is 0. The maximum absolute atomic E-state index is 5.41. The summed E-state index contributed by atoms with van der Waals surface area (Å²) in [6.45, 7) is 15.0. The molecule has 0 bridgehead atoms. The Morgan fingerprint density at radius 1 is 1.50 bits per heavy atom. The van der Waals surface area contributed by atoms with Crippen molar-refractivity contribution in [1.29, 1.82) is 0 Å². The molecule has 0 aromatic carbocycles. The van der Waals surface area contributed by atoms with Gasteiger partial charge < -0.3 is 5.73 Å². The van der Waals surface area contributed by atoms with Crippen LogP contribution >= 0.6 is 0 Å². The number of hydrogen-bond acceptors (Lipinski definition) is 1. The zero-order chi connectivity index (χ0) is 10.1. The van der Waals surface area contributed by atoms with Crippen molar-refractivity contribution in [2.45, 2.75) is 33.7 Å². The molecule has 1 heteroatoms. The van der Waals surface area contributed by atoms with Crippen LogP contribution in [-0.2, 0) is 0 Å². The average Bonchev–Trinajstić information content (AvgIpc) is 2.04. The van der Waals surface area contributed by atoms with Crippen molar-refractivity contribution in [2.24, 2.45) is 11.7 Å². The molecule has 1 nitrogen and oxygen atoms in total. The van der Waals surface area contributed by atoms with Crippen molar-refractivity contribution >= 4 is 0 Å². The fourth-order valence-electron chi connectivity index (χ4n) is 0.161. The zero-order valence-electron chi connectivity index (χ0n) is 8.72. The van der Waals surface area contributed by atoms with E-state index in [2.05, 4.69) is 32.7 Å². The lowest BCUT2D eigenvalue weighted by molar-refractivity contribution is 0.835. The molecular formula is C11H23N. The third-order valence-corrected chi connectivity index (χ3v) is 1.43. The van der Waals surface area contributed by atoms with Gasteiger partial charge in [0.2, 0.25) is 0 Å². The van der Waals surface area contributed by atoms with Crippen LogP contribution in [-0.4, -0.2) is 6.04 Å². The molecule has 0 aromatic heterocycles. The highest BCUT2D eigenvalue weighted by Gasteiger charge is 1.90. The topological polar surface area (TPSA) is 26.0 Å². The number of hydrogen-bond donors (Lipinski definition) is 1. The van der Waals surface area contributed by atoms with E-state index in [4.69, 9.17) is 5.73 Å². The molecule has 72 valence electrons. The Bertz CT molecular complexity index is 165. The van der Waals surface area contributed by atoms with Gasteiger partial charge in [0.05, 0.1) is 0 Å². The molecule has 0 radical (unpaired) electrons. The summed E-state index contributed by atoms with van der Waals surface area (Å²) in [5.41, 5.74) is 9.13. The van der Waals surface area contributed by atoms with Crippen molar-refractivity contribution in [1.82, 2.24) is 0 Å². The third kappa shape index (κ3) is 12.0. The first kappa shape index (κ1) is 13.8. The van der Waals surface area contributed by atoms with Gasteiger partial charge in [-0.15, -0.1) is 12.3 Å². The zero-order valence-corrected chi connectivity index (χ0v) is 8.72. The van der Waals surface area contributed by atoms with E-state index in [-0.39, 0.29) is 7.47 Å². The van der Waals surface area contributed by atoms with E-state index in [1.807, 2.05) is 19.9 Å². The molecule has 0 aliphatic heterocycles. The quantitative estimate of drug-likeness (QED) is 0.499. The summed E-state index contributed by atoms with van der Waals surface area (Å²) in [6, 6.07) is 0.109. The number of rotatable bonds is 2. The average molecular weight is 169 g/mol. The van der Waals surface area contributed by atoms with Crippen LogP contribution in [0.3, 0.4) is 0 Å². The van der Waals surface area contributed by atoms with Crippen molar-refractivity contribution < 1.29 is 1.43 Å². The first-order valence-electron chi connectivity index (χ1n) is 4.20. The monoisotopic (exact) mass is 169 g/mol. The largest absolute Gasteiger partial charge is 0.324 e. The van der Waals surface area contributed by atoms with Gasteiger partial charge in [0.15, 0.2) is 0 Å². The summed E-state index contributed by atoms with van der Waals surface area (Å²) in [5, 5.41) is 0. The smallest absolute Gasteiger partial charge is 0.0297 e. The van der Waals surface area contributed by atoms with Crippen molar-refractivity contribution in [3.05, 3.63) is 30.5 Å². The van der Waals surface area contributed by atoms with E-state index in [1.165, 1.54) is 0 Å². The van der Waals surface area contributed by atoms with E-state index in [1.54, 1.807) is 0 Å². The SMILES string of the molecule is C=C=C(C)C(C)N.C=CC(C)C.[HH]. The third-order valence-electron chi connectivity index (χ3n) is 1.43. The Balaban J connectivity index is -0.000000150. The predicted octanol–water partition coefficient (Wildman–Crippen LogP) is 3.14. The second-order valence-corrected chi connectivity index (χ2v) is 3.13. The molecule has 12 heavy (non-hydrogen) atoms. The summed E-state index contributed by atoms with van der Waals surface area (Å²) >= 11 is 0. The minimum Gasteiger partial charge on any atom is -0.324 e. The minimum absolute atomic E-state index is 0. The van der Waals surface area contributed by atoms with Gasteiger partial charge in [0.25, 0.3) is 0 Å². The molecule has 1 atom stereocenters. The highest BCUT2D eigenvalue weighted by molar-refractivity contribution is 5.01. The van der Waals surface area contributed by atoms with Crippen LogP contribution in [0.15, 0.2) is 30.5 Å². The van der Waals surface area contributed by atoms with E-state index in [0.29, 0.717) is 5.92 Å². The van der Waals surface area contributed by atoms with Crippen LogP contribution in [0, 0.1) is 5.92 Å². The van der Waals surface area contributed by atoms with Gasteiger partial charge in [-0.05, 0) is 25.3 Å². The van der Waals surface area contributed by atoms with Gasteiger partial charge in [-0.2, -0.15) is 0 Å². The standard InChI is InChI=1S/C6H11N.C5H10.H2/c1-4-5(2)6(3)7;1-4-5(2)3;/h6H,1,7H2,2-3H3;4-5H,1H2,2-3H3;1H. The molecule has 0 amide bonds. The van der Waals surface area contributed by atoms with E-state index >= 15 is 0 Å². The highest BCUT2D eigenvalue weighted by atomic mass is 14.6. The highest BCUT2D eigenvalue weighted by Crippen LogP contribution is 1.91. The lowest BCUT2D eigenvalue weighted by Gasteiger charge is -1.98. The van der Waals surface area contributed by atoms with Gasteiger partial charge in [0, 0.05) is 7.47 Å². The molecule has 1 unspecified atom stereocenters. The van der Waals surface area contributed by atoms with Gasteiger partial charge >= 0.3 is 0 Å². The normalized spacial score (nSPS) is 10.8. The molecule has 0 aliphatic rings. The number of nitrogens with two attached hydrogens (primary N) is 1. The molecule has 0 heterocycles. The molecular weight excluding hydrogens is 146 g/mol. The fraction of sp³-hybridized carbons (Fsp3) is 0.545. The Hall–Kier alpha value is -0.780. The molecule has 0 saturated heterocycles. The van der Waals surface area contributed by atoms with Crippen LogP contribution in [0.5, 0.6) is 0 Å². The van der Waals surface area contributed by atoms with Gasteiger partial charge in [-0.1, -0.05) is 26.5 Å². The molecule has 0 fully saturated rings. The maximum Gasteiger partial charge on any atom is 0.0297 e. The molecule has 2 N–H and O–H groups in total. The van der Waals surface area contributed by atoms with Crippen LogP contribution in [0.1, 0.15) is 29.1 Å². The predicted molar refractivity (Wildman–Crippen MR) is 59.1 cm³/mol. The number of allylic oxidation sites excluding steroid dienone is 1. The Morgan fingerprint density at radius 2 is 1.83 bits per heavy atom. The molecule has 0 saturated carbocycles. The van der Waals surface area contributed by atoms with Crippen LogP contribution < -0.4 is 5.73 Å². The van der Waals surface area contributed by atoms with Crippen LogP contribution in [0.2, 0.25) is 0 Å². The second kappa shape index (κ2) is 8.32. The fourth-order valence-corrected chi connectivity index (χ4v) is 0.161. The van der Waals surface area contributed by atoms with Gasteiger partial charge in [-0.3, -0.25) is 0 Å². The van der Waals surface area contributed by atoms with Crippen molar-refractivity contribution in [3.63, 3.8) is 0 Å². The van der Waals surface area contributed by atoms with Crippen molar-refractivity contribution in [3.8, 4) is 0 Å². The van der Waals surface area contributed by atoms with Crippen molar-refractivity contribution in [2.75, 3.05) is 0 Å². The van der Waals surface area contributed by atoms with E-state index in [0.717, 1.165) is 5.57 Å². The summed E-state index contributed by atoms with van der Waals surface area (Å²) in [5.74, 6) is 0.648. The lowest BCUT2D eigenvalue weighted by atomic mass is 10.2. The Kier molecular flexibility index (Phi) is 9.56. The van der Waals surface area contributed by atoms with Gasteiger partial charge in [0.1, 0.15) is 0 Å².